The molecule has 1 rings (SSSR count). The maximum Gasteiger partial charge on any atom is 0.221 e. The van der Waals surface area contributed by atoms with Crippen LogP contribution in [0.4, 0.5) is 0 Å². The minimum absolute atomic E-state index is 0.0949. The number of hydrogen-bond acceptors (Lipinski definition) is 3. The van der Waals surface area contributed by atoms with E-state index in [4.69, 9.17) is 0 Å². The number of amides is 1. The van der Waals surface area contributed by atoms with E-state index in [2.05, 4.69) is 29.5 Å². The summed E-state index contributed by atoms with van der Waals surface area (Å²) in [5.74, 6) is 1.15. The van der Waals surface area contributed by atoms with Crippen molar-refractivity contribution in [1.82, 2.24) is 10.6 Å². The summed E-state index contributed by atoms with van der Waals surface area (Å²) in [6.45, 7) is 7.76. The highest BCUT2D eigenvalue weighted by Gasteiger charge is 2.30. The lowest BCUT2D eigenvalue weighted by molar-refractivity contribution is -0.120. The van der Waals surface area contributed by atoms with Crippen LogP contribution in [0.3, 0.4) is 0 Å². The summed E-state index contributed by atoms with van der Waals surface area (Å²) in [4.78, 5) is 15.8. The van der Waals surface area contributed by atoms with Gasteiger partial charge in [-0.3, -0.25) is 9.79 Å². The molecule has 1 aliphatic rings. The Hall–Kier alpha value is -0.710. The normalized spacial score (nSPS) is 25.9. The number of carbonyl (C=O) groups excluding carboxylic acids is 1. The lowest BCUT2D eigenvalue weighted by Crippen LogP contribution is -2.39. The molecule has 1 saturated heterocycles. The van der Waals surface area contributed by atoms with Crippen molar-refractivity contribution < 1.29 is 4.79 Å². The van der Waals surface area contributed by atoms with Gasteiger partial charge in [0.2, 0.25) is 5.91 Å². The first-order chi connectivity index (χ1) is 8.09. The van der Waals surface area contributed by atoms with Crippen molar-refractivity contribution >= 4 is 22.8 Å². The van der Waals surface area contributed by atoms with Gasteiger partial charge in [0.15, 0.2) is 5.17 Å². The molecule has 0 aromatic carbocycles. The van der Waals surface area contributed by atoms with E-state index in [0.29, 0.717) is 13.0 Å². The van der Waals surface area contributed by atoms with Gasteiger partial charge < -0.3 is 10.6 Å². The number of aliphatic imine (C=N–C) groups is 1. The van der Waals surface area contributed by atoms with Crippen molar-refractivity contribution in [1.29, 1.82) is 0 Å². The van der Waals surface area contributed by atoms with Crippen LogP contribution in [0, 0.1) is 0 Å². The smallest absolute Gasteiger partial charge is 0.221 e. The van der Waals surface area contributed by atoms with Crippen molar-refractivity contribution in [2.45, 2.75) is 45.6 Å². The van der Waals surface area contributed by atoms with Crippen molar-refractivity contribution in [3.63, 3.8) is 0 Å². The third-order valence-corrected chi connectivity index (χ3v) is 4.17. The van der Waals surface area contributed by atoms with Crippen LogP contribution in [0.15, 0.2) is 4.99 Å². The Balaban J connectivity index is 2.24. The number of nitrogens with one attached hydrogen (secondary N) is 2. The van der Waals surface area contributed by atoms with Crippen LogP contribution in [-0.4, -0.2) is 35.5 Å². The fourth-order valence-electron chi connectivity index (χ4n) is 1.45. The van der Waals surface area contributed by atoms with E-state index in [-0.39, 0.29) is 11.4 Å². The minimum Gasteiger partial charge on any atom is -0.359 e. The molecule has 0 saturated carbocycles. The van der Waals surface area contributed by atoms with E-state index in [9.17, 15) is 4.79 Å². The van der Waals surface area contributed by atoms with E-state index >= 15 is 0 Å². The molecule has 0 aliphatic carbocycles. The molecular formula is C12H23N3OS. The van der Waals surface area contributed by atoms with Gasteiger partial charge in [-0.2, -0.15) is 0 Å². The second-order valence-electron chi connectivity index (χ2n) is 4.61. The highest BCUT2D eigenvalue weighted by molar-refractivity contribution is 8.14. The Bertz CT molecular complexity index is 293. The van der Waals surface area contributed by atoms with Gasteiger partial charge in [0.25, 0.3) is 0 Å². The molecule has 1 amide bonds. The molecule has 0 spiro atoms. The van der Waals surface area contributed by atoms with Crippen LogP contribution in [0.25, 0.3) is 0 Å². The number of rotatable bonds is 6. The van der Waals surface area contributed by atoms with Crippen molar-refractivity contribution in [2.24, 2.45) is 4.99 Å². The zero-order chi connectivity index (χ0) is 12.7. The largest absolute Gasteiger partial charge is 0.359 e. The number of nitrogens with zero attached hydrogens (tertiary/aromatic N) is 1. The molecule has 0 aromatic heterocycles. The zero-order valence-electron chi connectivity index (χ0n) is 11.0. The van der Waals surface area contributed by atoms with E-state index in [1.165, 1.54) is 0 Å². The van der Waals surface area contributed by atoms with Crippen LogP contribution < -0.4 is 10.6 Å². The molecule has 1 heterocycles. The molecular weight excluding hydrogens is 234 g/mol. The first kappa shape index (κ1) is 14.4. The van der Waals surface area contributed by atoms with Crippen LogP contribution in [0.1, 0.15) is 40.0 Å². The van der Waals surface area contributed by atoms with Gasteiger partial charge in [-0.15, -0.1) is 0 Å². The van der Waals surface area contributed by atoms with Gasteiger partial charge in [0.05, 0.1) is 6.54 Å². The Morgan fingerprint density at radius 2 is 2.35 bits per heavy atom. The highest BCUT2D eigenvalue weighted by Crippen LogP contribution is 2.25. The maximum absolute atomic E-state index is 11.4. The average molecular weight is 257 g/mol. The zero-order valence-corrected chi connectivity index (χ0v) is 11.8. The lowest BCUT2D eigenvalue weighted by atomic mass is 10.0. The number of hydrogen-bond donors (Lipinski definition) is 2. The van der Waals surface area contributed by atoms with E-state index in [1.807, 2.05) is 6.92 Å². The van der Waals surface area contributed by atoms with E-state index in [1.54, 1.807) is 11.8 Å². The van der Waals surface area contributed by atoms with E-state index < -0.39 is 0 Å². The second kappa shape index (κ2) is 6.89. The van der Waals surface area contributed by atoms with E-state index in [0.717, 1.165) is 30.3 Å². The topological polar surface area (TPSA) is 53.5 Å². The molecule has 98 valence electrons. The summed E-state index contributed by atoms with van der Waals surface area (Å²) >= 11 is 1.75. The fraction of sp³-hybridized carbons (Fsp3) is 0.833. The summed E-state index contributed by atoms with van der Waals surface area (Å²) in [6.07, 6.45) is 2.55. The van der Waals surface area contributed by atoms with Crippen LogP contribution >= 0.6 is 11.8 Å². The summed E-state index contributed by atoms with van der Waals surface area (Å²) in [5, 5.41) is 7.25. The third-order valence-electron chi connectivity index (χ3n) is 2.88. The molecule has 17 heavy (non-hydrogen) atoms. The maximum atomic E-state index is 11.4. The minimum atomic E-state index is 0.0949. The first-order valence-electron chi connectivity index (χ1n) is 6.32. The molecule has 0 aromatic rings. The van der Waals surface area contributed by atoms with Crippen molar-refractivity contribution in [3.05, 3.63) is 0 Å². The molecule has 1 unspecified atom stereocenters. The quantitative estimate of drug-likeness (QED) is 0.762. The summed E-state index contributed by atoms with van der Waals surface area (Å²) in [5.41, 5.74) is 0.175. The Kier molecular flexibility index (Phi) is 5.82. The Morgan fingerprint density at radius 3 is 2.94 bits per heavy atom. The molecule has 0 radical (unpaired) electrons. The molecule has 2 N–H and O–H groups in total. The third kappa shape index (κ3) is 4.98. The van der Waals surface area contributed by atoms with Gasteiger partial charge in [-0.1, -0.05) is 25.6 Å². The summed E-state index contributed by atoms with van der Waals surface area (Å²) in [6, 6.07) is 0. The first-order valence-corrected chi connectivity index (χ1v) is 7.30. The second-order valence-corrected chi connectivity index (χ2v) is 5.58. The highest BCUT2D eigenvalue weighted by atomic mass is 32.2. The monoisotopic (exact) mass is 257 g/mol. The van der Waals surface area contributed by atoms with Gasteiger partial charge in [0.1, 0.15) is 0 Å². The van der Waals surface area contributed by atoms with Gasteiger partial charge in [-0.05, 0) is 19.8 Å². The van der Waals surface area contributed by atoms with Crippen molar-refractivity contribution in [2.75, 3.05) is 18.8 Å². The fourth-order valence-corrected chi connectivity index (χ4v) is 2.68. The molecule has 5 heteroatoms. The van der Waals surface area contributed by atoms with Gasteiger partial charge in [-0.25, -0.2) is 0 Å². The Labute approximate surface area is 108 Å². The number of carbonyl (C=O) groups is 1. The summed E-state index contributed by atoms with van der Waals surface area (Å²) < 4.78 is 0. The lowest BCUT2D eigenvalue weighted by Gasteiger charge is -2.20. The molecule has 4 nitrogen and oxygen atoms in total. The predicted molar refractivity (Wildman–Crippen MR) is 74.5 cm³/mol. The van der Waals surface area contributed by atoms with Gasteiger partial charge >= 0.3 is 0 Å². The van der Waals surface area contributed by atoms with Gasteiger partial charge in [0, 0.05) is 24.3 Å². The number of amidine groups is 1. The molecule has 1 aliphatic heterocycles. The summed E-state index contributed by atoms with van der Waals surface area (Å²) in [7, 11) is 0. The SMILES string of the molecule is CCCNC(=O)CCN=C1NC(C)(CC)CS1. The average Bonchev–Trinajstić information content (AvgIpc) is 2.69. The van der Waals surface area contributed by atoms with Crippen LogP contribution in [0.5, 0.6) is 0 Å². The Morgan fingerprint density at radius 1 is 1.59 bits per heavy atom. The van der Waals surface area contributed by atoms with Crippen molar-refractivity contribution in [3.8, 4) is 0 Å². The molecule has 1 fully saturated rings. The molecule has 1 atom stereocenters. The predicted octanol–water partition coefficient (Wildman–Crippen LogP) is 1.76. The number of thioether (sulfide) groups is 1. The van der Waals surface area contributed by atoms with Crippen LogP contribution in [-0.2, 0) is 4.79 Å². The standard InChI is InChI=1S/C12H23N3OS/c1-4-7-13-10(16)6-8-14-11-15-12(3,5-2)9-17-11/h4-9H2,1-3H3,(H,13,16)(H,14,15). The van der Waals surface area contributed by atoms with Crippen LogP contribution in [0.2, 0.25) is 0 Å². The molecule has 0 bridgehead atoms.